The van der Waals surface area contributed by atoms with Gasteiger partial charge in [0.1, 0.15) is 0 Å². The highest BCUT2D eigenvalue weighted by atomic mass is 16.5. The second-order valence-corrected chi connectivity index (χ2v) is 3.31. The van der Waals surface area contributed by atoms with Gasteiger partial charge in [-0.3, -0.25) is 4.79 Å². The summed E-state index contributed by atoms with van der Waals surface area (Å²) in [4.78, 5) is 10.9. The number of esters is 1. The van der Waals surface area contributed by atoms with Crippen LogP contribution in [0.5, 0.6) is 0 Å². The molecule has 0 aromatic heterocycles. The molecule has 0 amide bonds. The fourth-order valence-corrected chi connectivity index (χ4v) is 1.09. The summed E-state index contributed by atoms with van der Waals surface area (Å²) in [5.41, 5.74) is 0. The molecule has 0 aromatic carbocycles. The molecule has 0 heterocycles. The normalized spacial score (nSPS) is 19.8. The highest BCUT2D eigenvalue weighted by Crippen LogP contribution is 2.22. The van der Waals surface area contributed by atoms with Crippen molar-refractivity contribution in [2.45, 2.75) is 32.3 Å². The molecule has 0 bridgehead atoms. The third kappa shape index (κ3) is 2.48. The SMILES string of the molecule is COC(=O)[C@@H](C)COC1CCC1. The Morgan fingerprint density at radius 2 is 2.25 bits per heavy atom. The minimum atomic E-state index is -0.186. The van der Waals surface area contributed by atoms with E-state index in [1.165, 1.54) is 13.5 Å². The second kappa shape index (κ2) is 4.45. The first-order valence-electron chi connectivity index (χ1n) is 4.43. The van der Waals surface area contributed by atoms with Crippen molar-refractivity contribution in [1.29, 1.82) is 0 Å². The van der Waals surface area contributed by atoms with Crippen molar-refractivity contribution in [3.05, 3.63) is 0 Å². The Balaban J connectivity index is 2.08. The Bertz CT molecular complexity index is 152. The van der Waals surface area contributed by atoms with E-state index < -0.39 is 0 Å². The number of ether oxygens (including phenoxy) is 2. The van der Waals surface area contributed by atoms with Gasteiger partial charge in [0, 0.05) is 0 Å². The maximum atomic E-state index is 10.9. The summed E-state index contributed by atoms with van der Waals surface area (Å²) in [6.45, 7) is 2.32. The smallest absolute Gasteiger partial charge is 0.310 e. The molecule has 3 nitrogen and oxygen atoms in total. The predicted octanol–water partition coefficient (Wildman–Crippen LogP) is 1.36. The average Bonchev–Trinajstić information content (AvgIpc) is 2.00. The maximum Gasteiger partial charge on any atom is 0.310 e. The molecule has 1 rings (SSSR count). The van der Waals surface area contributed by atoms with Crippen LogP contribution in [0.2, 0.25) is 0 Å². The van der Waals surface area contributed by atoms with E-state index in [2.05, 4.69) is 4.74 Å². The number of hydrogen-bond acceptors (Lipinski definition) is 3. The van der Waals surface area contributed by atoms with Crippen molar-refractivity contribution in [3.8, 4) is 0 Å². The van der Waals surface area contributed by atoms with Gasteiger partial charge in [0.05, 0.1) is 25.7 Å². The van der Waals surface area contributed by atoms with Crippen LogP contribution >= 0.6 is 0 Å². The molecular weight excluding hydrogens is 156 g/mol. The monoisotopic (exact) mass is 172 g/mol. The number of carbonyl (C=O) groups is 1. The van der Waals surface area contributed by atoms with Gasteiger partial charge in [-0.2, -0.15) is 0 Å². The Morgan fingerprint density at radius 3 is 2.67 bits per heavy atom. The van der Waals surface area contributed by atoms with E-state index in [0.29, 0.717) is 12.7 Å². The number of carbonyl (C=O) groups excluding carboxylic acids is 1. The third-order valence-electron chi connectivity index (χ3n) is 2.24. The van der Waals surface area contributed by atoms with Crippen LogP contribution in [-0.2, 0) is 14.3 Å². The summed E-state index contributed by atoms with van der Waals surface area (Å²) < 4.78 is 10.0. The second-order valence-electron chi connectivity index (χ2n) is 3.31. The quantitative estimate of drug-likeness (QED) is 0.601. The van der Waals surface area contributed by atoms with Gasteiger partial charge in [-0.05, 0) is 26.2 Å². The zero-order valence-corrected chi connectivity index (χ0v) is 7.71. The molecular formula is C9H16O3. The van der Waals surface area contributed by atoms with Crippen molar-refractivity contribution in [3.63, 3.8) is 0 Å². The molecule has 12 heavy (non-hydrogen) atoms. The Kier molecular flexibility index (Phi) is 3.53. The van der Waals surface area contributed by atoms with Gasteiger partial charge < -0.3 is 9.47 Å². The van der Waals surface area contributed by atoms with Gasteiger partial charge in [0.2, 0.25) is 0 Å². The fourth-order valence-electron chi connectivity index (χ4n) is 1.09. The van der Waals surface area contributed by atoms with Gasteiger partial charge >= 0.3 is 5.97 Å². The maximum absolute atomic E-state index is 10.9. The highest BCUT2D eigenvalue weighted by molar-refractivity contribution is 5.71. The zero-order valence-electron chi connectivity index (χ0n) is 7.71. The molecule has 0 N–H and O–H groups in total. The first-order chi connectivity index (χ1) is 5.74. The van der Waals surface area contributed by atoms with E-state index in [1.807, 2.05) is 6.92 Å². The lowest BCUT2D eigenvalue weighted by Gasteiger charge is -2.26. The number of hydrogen-bond donors (Lipinski definition) is 0. The van der Waals surface area contributed by atoms with Crippen molar-refractivity contribution in [1.82, 2.24) is 0 Å². The fraction of sp³-hybridized carbons (Fsp3) is 0.889. The molecule has 1 atom stereocenters. The molecule has 1 saturated carbocycles. The number of rotatable bonds is 4. The molecule has 0 aliphatic heterocycles. The van der Waals surface area contributed by atoms with Gasteiger partial charge in [-0.15, -0.1) is 0 Å². The Labute approximate surface area is 73.0 Å². The van der Waals surface area contributed by atoms with Crippen molar-refractivity contribution < 1.29 is 14.3 Å². The topological polar surface area (TPSA) is 35.5 Å². The van der Waals surface area contributed by atoms with Crippen LogP contribution in [0.25, 0.3) is 0 Å². The van der Waals surface area contributed by atoms with E-state index in [0.717, 1.165) is 12.8 Å². The van der Waals surface area contributed by atoms with E-state index in [-0.39, 0.29) is 11.9 Å². The minimum Gasteiger partial charge on any atom is -0.469 e. The largest absolute Gasteiger partial charge is 0.469 e. The lowest BCUT2D eigenvalue weighted by Crippen LogP contribution is -2.27. The van der Waals surface area contributed by atoms with Gasteiger partial charge in [0.25, 0.3) is 0 Å². The molecule has 0 radical (unpaired) electrons. The summed E-state index contributed by atoms with van der Waals surface area (Å²) in [6, 6.07) is 0. The number of methoxy groups -OCH3 is 1. The first kappa shape index (κ1) is 9.52. The lowest BCUT2D eigenvalue weighted by atomic mass is 9.96. The summed E-state index contributed by atoms with van der Waals surface area (Å²) >= 11 is 0. The minimum absolute atomic E-state index is 0.129. The molecule has 0 saturated heterocycles. The van der Waals surface area contributed by atoms with Crippen molar-refractivity contribution in [2.24, 2.45) is 5.92 Å². The molecule has 70 valence electrons. The summed E-state index contributed by atoms with van der Waals surface area (Å²) in [5.74, 6) is -0.315. The van der Waals surface area contributed by atoms with Crippen molar-refractivity contribution in [2.75, 3.05) is 13.7 Å². The summed E-state index contributed by atoms with van der Waals surface area (Å²) in [6.07, 6.45) is 3.95. The summed E-state index contributed by atoms with van der Waals surface area (Å²) in [7, 11) is 1.40. The first-order valence-corrected chi connectivity index (χ1v) is 4.43. The molecule has 0 unspecified atom stereocenters. The van der Waals surface area contributed by atoms with Crippen LogP contribution in [0.3, 0.4) is 0 Å². The van der Waals surface area contributed by atoms with Crippen LogP contribution in [0.15, 0.2) is 0 Å². The van der Waals surface area contributed by atoms with Crippen LogP contribution in [0.4, 0.5) is 0 Å². The molecule has 3 heteroatoms. The average molecular weight is 172 g/mol. The van der Waals surface area contributed by atoms with Crippen LogP contribution < -0.4 is 0 Å². The highest BCUT2D eigenvalue weighted by Gasteiger charge is 2.21. The lowest BCUT2D eigenvalue weighted by molar-refractivity contribution is -0.148. The Hall–Kier alpha value is -0.570. The molecule has 1 aliphatic carbocycles. The third-order valence-corrected chi connectivity index (χ3v) is 2.24. The van der Waals surface area contributed by atoms with E-state index in [4.69, 9.17) is 4.74 Å². The van der Waals surface area contributed by atoms with Crippen molar-refractivity contribution >= 4 is 5.97 Å². The Morgan fingerprint density at radius 1 is 1.58 bits per heavy atom. The molecule has 1 aliphatic rings. The van der Waals surface area contributed by atoms with E-state index in [9.17, 15) is 4.79 Å². The predicted molar refractivity (Wildman–Crippen MR) is 44.8 cm³/mol. The van der Waals surface area contributed by atoms with Crippen LogP contribution in [-0.4, -0.2) is 25.8 Å². The van der Waals surface area contributed by atoms with E-state index >= 15 is 0 Å². The standard InChI is InChI=1S/C9H16O3/c1-7(9(10)11-2)6-12-8-4-3-5-8/h7-8H,3-6H2,1-2H3/t7-/m0/s1. The van der Waals surface area contributed by atoms with Gasteiger partial charge in [-0.25, -0.2) is 0 Å². The summed E-state index contributed by atoms with van der Waals surface area (Å²) in [5, 5.41) is 0. The van der Waals surface area contributed by atoms with Crippen LogP contribution in [0.1, 0.15) is 26.2 Å². The van der Waals surface area contributed by atoms with Gasteiger partial charge in [-0.1, -0.05) is 0 Å². The molecule has 0 spiro atoms. The van der Waals surface area contributed by atoms with E-state index in [1.54, 1.807) is 0 Å². The van der Waals surface area contributed by atoms with Crippen LogP contribution in [0, 0.1) is 5.92 Å². The molecule has 1 fully saturated rings. The zero-order chi connectivity index (χ0) is 8.97. The molecule has 0 aromatic rings. The van der Waals surface area contributed by atoms with Gasteiger partial charge in [0.15, 0.2) is 0 Å².